The number of aliphatic hydroxyl groups is 1. The number of hydrogen-bond acceptors (Lipinski definition) is 3. The summed E-state index contributed by atoms with van der Waals surface area (Å²) in [6.45, 7) is 10.3. The zero-order valence-corrected chi connectivity index (χ0v) is 9.09. The van der Waals surface area contributed by atoms with Gasteiger partial charge in [-0.3, -0.25) is 0 Å². The molecule has 0 radical (unpaired) electrons. The third-order valence-corrected chi connectivity index (χ3v) is 2.74. The third-order valence-electron chi connectivity index (χ3n) is 2.74. The molecule has 1 saturated heterocycles. The van der Waals surface area contributed by atoms with Gasteiger partial charge in [0, 0.05) is 25.2 Å². The molecule has 0 bridgehead atoms. The monoisotopic (exact) mass is 186 g/mol. The van der Waals surface area contributed by atoms with Crippen molar-refractivity contribution >= 4 is 0 Å². The quantitative estimate of drug-likeness (QED) is 0.593. The van der Waals surface area contributed by atoms with Crippen LogP contribution in [0.25, 0.3) is 0 Å². The minimum atomic E-state index is -0.163. The number of aliphatic hydroxyl groups excluding tert-OH is 1. The van der Waals surface area contributed by atoms with Gasteiger partial charge in [-0.05, 0) is 5.41 Å². The molecule has 1 rings (SSSR count). The smallest absolute Gasteiger partial charge is 0.0823 e. The molecule has 78 valence electrons. The van der Waals surface area contributed by atoms with Crippen LogP contribution in [0.5, 0.6) is 0 Å². The minimum Gasteiger partial charge on any atom is -0.390 e. The predicted octanol–water partition coefficient (Wildman–Crippen LogP) is 0.343. The lowest BCUT2D eigenvalue weighted by atomic mass is 9.77. The maximum Gasteiger partial charge on any atom is 0.0823 e. The van der Waals surface area contributed by atoms with E-state index in [1.165, 1.54) is 0 Å². The van der Waals surface area contributed by atoms with E-state index in [0.717, 1.165) is 13.1 Å². The highest BCUT2D eigenvalue weighted by molar-refractivity contribution is 4.98. The van der Waals surface area contributed by atoms with Crippen LogP contribution < -0.4 is 10.6 Å². The lowest BCUT2D eigenvalue weighted by Crippen LogP contribution is -2.65. The summed E-state index contributed by atoms with van der Waals surface area (Å²) in [5.41, 5.74) is 0.127. The van der Waals surface area contributed by atoms with Crippen molar-refractivity contribution in [2.24, 2.45) is 5.41 Å². The summed E-state index contributed by atoms with van der Waals surface area (Å²) < 4.78 is 0. The molecule has 2 atom stereocenters. The van der Waals surface area contributed by atoms with Crippen LogP contribution in [-0.4, -0.2) is 36.4 Å². The maximum atomic E-state index is 9.52. The number of rotatable bonds is 4. The van der Waals surface area contributed by atoms with E-state index in [1.54, 1.807) is 0 Å². The van der Waals surface area contributed by atoms with E-state index in [-0.39, 0.29) is 17.6 Å². The maximum absolute atomic E-state index is 9.52. The largest absolute Gasteiger partial charge is 0.390 e. The van der Waals surface area contributed by atoms with Gasteiger partial charge in [-0.2, -0.15) is 0 Å². The summed E-state index contributed by atoms with van der Waals surface area (Å²) in [6, 6.07) is 0.759. The van der Waals surface area contributed by atoms with Crippen molar-refractivity contribution in [2.45, 2.75) is 45.9 Å². The average Bonchev–Trinajstić information content (AvgIpc) is 1.97. The molecule has 1 aliphatic rings. The fourth-order valence-corrected chi connectivity index (χ4v) is 1.72. The summed E-state index contributed by atoms with van der Waals surface area (Å²) in [6.07, 6.45) is -0.163. The average molecular weight is 186 g/mol. The Morgan fingerprint density at radius 2 is 2.15 bits per heavy atom. The molecule has 0 aliphatic carbocycles. The fraction of sp³-hybridized carbons (Fsp3) is 1.00. The number of β-amino-alcohol motifs (C(OH)–C–C–N with tert-alkyl or cyclic N) is 1. The Morgan fingerprint density at radius 1 is 1.54 bits per heavy atom. The second-order valence-corrected chi connectivity index (χ2v) is 4.98. The standard InChI is InChI=1S/C10H22N2O/c1-7(2)12-6-10(3,4)9-8(13)5-11-9/h7-9,11-13H,5-6H2,1-4H3. The Hall–Kier alpha value is -0.120. The lowest BCUT2D eigenvalue weighted by molar-refractivity contribution is -0.000447. The molecular formula is C10H22N2O. The SMILES string of the molecule is CC(C)NCC(C)(C)C1NCC1O. The van der Waals surface area contributed by atoms with E-state index < -0.39 is 0 Å². The van der Waals surface area contributed by atoms with Gasteiger partial charge in [0.25, 0.3) is 0 Å². The molecular weight excluding hydrogens is 164 g/mol. The van der Waals surface area contributed by atoms with Crippen LogP contribution in [-0.2, 0) is 0 Å². The molecule has 3 heteroatoms. The van der Waals surface area contributed by atoms with E-state index in [0.29, 0.717) is 6.04 Å². The summed E-state index contributed by atoms with van der Waals surface area (Å²) in [4.78, 5) is 0. The van der Waals surface area contributed by atoms with E-state index in [2.05, 4.69) is 38.3 Å². The van der Waals surface area contributed by atoms with Crippen molar-refractivity contribution in [1.29, 1.82) is 0 Å². The molecule has 1 fully saturated rings. The van der Waals surface area contributed by atoms with Gasteiger partial charge in [0.05, 0.1) is 6.10 Å². The minimum absolute atomic E-state index is 0.127. The van der Waals surface area contributed by atoms with Crippen molar-refractivity contribution in [3.8, 4) is 0 Å². The second-order valence-electron chi connectivity index (χ2n) is 4.98. The van der Waals surface area contributed by atoms with Gasteiger partial charge in [-0.1, -0.05) is 27.7 Å². The van der Waals surface area contributed by atoms with Crippen molar-refractivity contribution < 1.29 is 5.11 Å². The first kappa shape index (κ1) is 11.0. The van der Waals surface area contributed by atoms with E-state index >= 15 is 0 Å². The molecule has 0 amide bonds. The summed E-state index contributed by atoms with van der Waals surface area (Å²) >= 11 is 0. The zero-order chi connectivity index (χ0) is 10.1. The zero-order valence-electron chi connectivity index (χ0n) is 9.09. The molecule has 0 aromatic carbocycles. The topological polar surface area (TPSA) is 44.3 Å². The molecule has 1 aliphatic heterocycles. The molecule has 0 saturated carbocycles. The Morgan fingerprint density at radius 3 is 2.46 bits per heavy atom. The van der Waals surface area contributed by atoms with Gasteiger partial charge in [-0.15, -0.1) is 0 Å². The highest BCUT2D eigenvalue weighted by Gasteiger charge is 2.40. The van der Waals surface area contributed by atoms with Crippen LogP contribution in [0.4, 0.5) is 0 Å². The van der Waals surface area contributed by atoms with Crippen LogP contribution in [0.2, 0.25) is 0 Å². The Balaban J connectivity index is 2.36. The van der Waals surface area contributed by atoms with E-state index in [9.17, 15) is 5.11 Å². The summed E-state index contributed by atoms with van der Waals surface area (Å²) in [5.74, 6) is 0. The van der Waals surface area contributed by atoms with Gasteiger partial charge in [-0.25, -0.2) is 0 Å². The Kier molecular flexibility index (Phi) is 3.33. The lowest BCUT2D eigenvalue weighted by Gasteiger charge is -2.45. The number of nitrogens with one attached hydrogen (secondary N) is 2. The number of hydrogen-bond donors (Lipinski definition) is 3. The third kappa shape index (κ3) is 2.66. The summed E-state index contributed by atoms with van der Waals surface area (Å²) in [7, 11) is 0. The van der Waals surface area contributed by atoms with Crippen LogP contribution in [0.1, 0.15) is 27.7 Å². The molecule has 3 N–H and O–H groups in total. The van der Waals surface area contributed by atoms with Crippen LogP contribution in [0.15, 0.2) is 0 Å². The fourth-order valence-electron chi connectivity index (χ4n) is 1.72. The second kappa shape index (κ2) is 3.95. The van der Waals surface area contributed by atoms with Crippen molar-refractivity contribution in [3.63, 3.8) is 0 Å². The highest BCUT2D eigenvalue weighted by atomic mass is 16.3. The molecule has 2 unspecified atom stereocenters. The van der Waals surface area contributed by atoms with E-state index in [4.69, 9.17) is 0 Å². The first-order valence-electron chi connectivity index (χ1n) is 5.08. The van der Waals surface area contributed by atoms with Crippen molar-refractivity contribution in [3.05, 3.63) is 0 Å². The molecule has 3 nitrogen and oxygen atoms in total. The molecule has 0 aromatic heterocycles. The van der Waals surface area contributed by atoms with E-state index in [1.807, 2.05) is 0 Å². The van der Waals surface area contributed by atoms with Gasteiger partial charge in [0.1, 0.15) is 0 Å². The molecule has 0 aromatic rings. The van der Waals surface area contributed by atoms with Crippen molar-refractivity contribution in [2.75, 3.05) is 13.1 Å². The van der Waals surface area contributed by atoms with Crippen LogP contribution in [0, 0.1) is 5.41 Å². The first-order chi connectivity index (χ1) is 5.93. The summed E-state index contributed by atoms with van der Waals surface area (Å²) in [5, 5.41) is 16.2. The first-order valence-corrected chi connectivity index (χ1v) is 5.08. The van der Waals surface area contributed by atoms with Gasteiger partial charge in [0.15, 0.2) is 0 Å². The molecule has 1 heterocycles. The normalized spacial score (nSPS) is 29.1. The van der Waals surface area contributed by atoms with Crippen LogP contribution in [0.3, 0.4) is 0 Å². The Labute approximate surface area is 80.9 Å². The molecule has 0 spiro atoms. The van der Waals surface area contributed by atoms with Gasteiger partial charge in [0.2, 0.25) is 0 Å². The van der Waals surface area contributed by atoms with Gasteiger partial charge < -0.3 is 15.7 Å². The highest BCUT2D eigenvalue weighted by Crippen LogP contribution is 2.26. The Bertz CT molecular complexity index is 168. The van der Waals surface area contributed by atoms with Gasteiger partial charge >= 0.3 is 0 Å². The van der Waals surface area contributed by atoms with Crippen LogP contribution >= 0.6 is 0 Å². The van der Waals surface area contributed by atoms with Crippen molar-refractivity contribution in [1.82, 2.24) is 10.6 Å². The predicted molar refractivity (Wildman–Crippen MR) is 54.7 cm³/mol. The molecule has 13 heavy (non-hydrogen) atoms.